The normalized spacial score (nSPS) is 18.3. The van der Waals surface area contributed by atoms with E-state index in [1.165, 1.54) is 4.90 Å². The fourth-order valence-electron chi connectivity index (χ4n) is 2.65. The van der Waals surface area contributed by atoms with Crippen molar-refractivity contribution in [2.75, 3.05) is 18.0 Å². The number of carbonyl (C=O) groups is 2. The summed E-state index contributed by atoms with van der Waals surface area (Å²) in [6.07, 6.45) is 0. The Labute approximate surface area is 128 Å². The molecule has 112 valence electrons. The number of aliphatic carboxylic acids is 1. The van der Waals surface area contributed by atoms with Crippen LogP contribution in [0.15, 0.2) is 54.6 Å². The largest absolute Gasteiger partial charge is 0.480 e. The van der Waals surface area contributed by atoms with E-state index < -0.39 is 12.0 Å². The van der Waals surface area contributed by atoms with Crippen molar-refractivity contribution in [3.63, 3.8) is 0 Å². The van der Waals surface area contributed by atoms with Crippen molar-refractivity contribution in [2.24, 2.45) is 0 Å². The van der Waals surface area contributed by atoms with E-state index in [1.807, 2.05) is 48.5 Å². The van der Waals surface area contributed by atoms with Crippen molar-refractivity contribution in [3.05, 3.63) is 54.6 Å². The second kappa shape index (κ2) is 5.99. The van der Waals surface area contributed by atoms with E-state index in [0.29, 0.717) is 5.69 Å². The van der Waals surface area contributed by atoms with E-state index in [2.05, 4.69) is 5.32 Å². The van der Waals surface area contributed by atoms with Crippen LogP contribution in [-0.2, 0) is 9.59 Å². The summed E-state index contributed by atoms with van der Waals surface area (Å²) in [5.74, 6) is -1.24. The Kier molecular flexibility index (Phi) is 3.89. The maximum absolute atomic E-state index is 12.2. The lowest BCUT2D eigenvalue weighted by Gasteiger charge is -2.33. The minimum Gasteiger partial charge on any atom is -0.480 e. The van der Waals surface area contributed by atoms with Crippen LogP contribution in [0.3, 0.4) is 0 Å². The van der Waals surface area contributed by atoms with Gasteiger partial charge in [0.15, 0.2) is 0 Å². The highest BCUT2D eigenvalue weighted by atomic mass is 16.4. The minimum atomic E-state index is -1.01. The maximum Gasteiger partial charge on any atom is 0.328 e. The monoisotopic (exact) mass is 296 g/mol. The van der Waals surface area contributed by atoms with Crippen molar-refractivity contribution < 1.29 is 14.7 Å². The van der Waals surface area contributed by atoms with Crippen molar-refractivity contribution in [1.29, 1.82) is 0 Å². The molecule has 0 radical (unpaired) electrons. The Bertz CT molecular complexity index is 700. The van der Waals surface area contributed by atoms with Crippen LogP contribution < -0.4 is 10.2 Å². The number of hydrogen-bond acceptors (Lipinski definition) is 3. The Morgan fingerprint density at radius 1 is 1.09 bits per heavy atom. The van der Waals surface area contributed by atoms with Gasteiger partial charge in [-0.05, 0) is 23.3 Å². The molecule has 1 heterocycles. The Morgan fingerprint density at radius 3 is 2.55 bits per heavy atom. The summed E-state index contributed by atoms with van der Waals surface area (Å²) in [6, 6.07) is 16.3. The number of benzene rings is 2. The fraction of sp³-hybridized carbons (Fsp3) is 0.176. The third kappa shape index (κ3) is 2.71. The number of hydrogen-bond donors (Lipinski definition) is 2. The van der Waals surface area contributed by atoms with Gasteiger partial charge in [-0.3, -0.25) is 9.69 Å². The molecule has 5 nitrogen and oxygen atoms in total. The molecule has 2 N–H and O–H groups in total. The zero-order valence-corrected chi connectivity index (χ0v) is 11.9. The average molecular weight is 296 g/mol. The fourth-order valence-corrected chi connectivity index (χ4v) is 2.65. The van der Waals surface area contributed by atoms with Crippen LogP contribution in [0.5, 0.6) is 0 Å². The molecule has 2 aromatic rings. The molecular weight excluding hydrogens is 280 g/mol. The summed E-state index contributed by atoms with van der Waals surface area (Å²) in [5, 5.41) is 12.2. The Morgan fingerprint density at radius 2 is 1.82 bits per heavy atom. The zero-order chi connectivity index (χ0) is 15.5. The first-order valence-corrected chi connectivity index (χ1v) is 7.08. The molecule has 1 atom stereocenters. The molecule has 1 aliphatic rings. The number of anilines is 1. The van der Waals surface area contributed by atoms with Gasteiger partial charge in [0.1, 0.15) is 6.04 Å². The van der Waals surface area contributed by atoms with Gasteiger partial charge in [0.25, 0.3) is 0 Å². The number of piperazine rings is 1. The van der Waals surface area contributed by atoms with Crippen molar-refractivity contribution in [3.8, 4) is 11.1 Å². The van der Waals surface area contributed by atoms with Gasteiger partial charge in [-0.2, -0.15) is 0 Å². The highest BCUT2D eigenvalue weighted by Crippen LogP contribution is 2.26. The molecule has 1 unspecified atom stereocenters. The van der Waals surface area contributed by atoms with Gasteiger partial charge >= 0.3 is 5.97 Å². The minimum absolute atomic E-state index is 0.152. The first-order chi connectivity index (χ1) is 10.7. The molecule has 22 heavy (non-hydrogen) atoms. The quantitative estimate of drug-likeness (QED) is 0.905. The lowest BCUT2D eigenvalue weighted by molar-refractivity contribution is -0.140. The highest BCUT2D eigenvalue weighted by Gasteiger charge is 2.34. The van der Waals surface area contributed by atoms with E-state index >= 15 is 0 Å². The molecule has 0 saturated carbocycles. The van der Waals surface area contributed by atoms with E-state index in [0.717, 1.165) is 11.1 Å². The number of rotatable bonds is 3. The predicted octanol–water partition coefficient (Wildman–Crippen LogP) is 1.74. The summed E-state index contributed by atoms with van der Waals surface area (Å²) < 4.78 is 0. The lowest BCUT2D eigenvalue weighted by atomic mass is 10.0. The number of nitrogens with zero attached hydrogens (tertiary/aromatic N) is 1. The molecule has 0 aromatic heterocycles. The number of carboxylic acids is 1. The Balaban J connectivity index is 2.00. The van der Waals surface area contributed by atoms with Crippen LogP contribution >= 0.6 is 0 Å². The summed E-state index contributed by atoms with van der Waals surface area (Å²) >= 11 is 0. The number of nitrogens with one attached hydrogen (secondary N) is 1. The summed E-state index contributed by atoms with van der Waals surface area (Å²) in [7, 11) is 0. The number of carbonyl (C=O) groups excluding carboxylic acids is 1. The third-order valence-corrected chi connectivity index (χ3v) is 3.71. The van der Waals surface area contributed by atoms with Crippen molar-refractivity contribution in [2.45, 2.75) is 6.04 Å². The van der Waals surface area contributed by atoms with Crippen LogP contribution in [0.4, 0.5) is 5.69 Å². The van der Waals surface area contributed by atoms with Gasteiger partial charge in [-0.25, -0.2) is 4.79 Å². The predicted molar refractivity (Wildman–Crippen MR) is 83.7 cm³/mol. The van der Waals surface area contributed by atoms with E-state index in [1.54, 1.807) is 6.07 Å². The van der Waals surface area contributed by atoms with E-state index in [4.69, 9.17) is 0 Å². The Hall–Kier alpha value is -2.66. The maximum atomic E-state index is 12.2. The number of carboxylic acid groups (broad SMARTS) is 1. The topological polar surface area (TPSA) is 69.6 Å². The lowest BCUT2D eigenvalue weighted by Crippen LogP contribution is -2.58. The molecule has 0 aliphatic carbocycles. The van der Waals surface area contributed by atoms with Gasteiger partial charge in [0.2, 0.25) is 5.91 Å². The summed E-state index contributed by atoms with van der Waals surface area (Å²) in [5.41, 5.74) is 2.59. The molecule has 1 amide bonds. The van der Waals surface area contributed by atoms with Crippen LogP contribution in [-0.4, -0.2) is 36.1 Å². The van der Waals surface area contributed by atoms with Crippen LogP contribution in [0.25, 0.3) is 11.1 Å². The van der Waals surface area contributed by atoms with Crippen LogP contribution in [0.2, 0.25) is 0 Å². The van der Waals surface area contributed by atoms with E-state index in [9.17, 15) is 14.7 Å². The molecule has 5 heteroatoms. The summed E-state index contributed by atoms with van der Waals surface area (Å²) in [6.45, 7) is 0.399. The molecular formula is C17H16N2O3. The standard InChI is InChI=1S/C17H16N2O3/c20-16-11-18-10-15(17(21)22)19(16)14-8-4-7-13(9-14)12-5-2-1-3-6-12/h1-9,15,18H,10-11H2,(H,21,22). The van der Waals surface area contributed by atoms with Gasteiger partial charge in [0.05, 0.1) is 6.54 Å². The first kappa shape index (κ1) is 14.3. The second-order valence-corrected chi connectivity index (χ2v) is 5.17. The van der Waals surface area contributed by atoms with Gasteiger partial charge in [0, 0.05) is 12.2 Å². The van der Waals surface area contributed by atoms with Crippen molar-refractivity contribution >= 4 is 17.6 Å². The van der Waals surface area contributed by atoms with Crippen LogP contribution in [0.1, 0.15) is 0 Å². The third-order valence-electron chi connectivity index (χ3n) is 3.71. The smallest absolute Gasteiger partial charge is 0.328 e. The number of amides is 1. The molecule has 3 rings (SSSR count). The molecule has 1 fully saturated rings. The molecule has 0 bridgehead atoms. The van der Waals surface area contributed by atoms with Gasteiger partial charge in [-0.1, -0.05) is 42.5 Å². The molecule has 1 aliphatic heterocycles. The highest BCUT2D eigenvalue weighted by molar-refractivity contribution is 6.01. The zero-order valence-electron chi connectivity index (χ0n) is 11.9. The first-order valence-electron chi connectivity index (χ1n) is 7.08. The van der Waals surface area contributed by atoms with Crippen LogP contribution in [0, 0.1) is 0 Å². The van der Waals surface area contributed by atoms with Gasteiger partial charge < -0.3 is 10.4 Å². The molecule has 0 spiro atoms. The SMILES string of the molecule is O=C(O)C1CNCC(=O)N1c1cccc(-c2ccccc2)c1. The molecule has 2 aromatic carbocycles. The van der Waals surface area contributed by atoms with Gasteiger partial charge in [-0.15, -0.1) is 0 Å². The van der Waals surface area contributed by atoms with E-state index in [-0.39, 0.29) is 19.0 Å². The second-order valence-electron chi connectivity index (χ2n) is 5.17. The van der Waals surface area contributed by atoms with Crippen molar-refractivity contribution in [1.82, 2.24) is 5.32 Å². The molecule has 1 saturated heterocycles. The summed E-state index contributed by atoms with van der Waals surface area (Å²) in [4.78, 5) is 24.9. The average Bonchev–Trinajstić information content (AvgIpc) is 2.55.